The average molecular weight is 284 g/mol. The van der Waals surface area contributed by atoms with Gasteiger partial charge in [-0.05, 0) is 18.2 Å². The maximum Gasteiger partial charge on any atom is 0.368 e. The molecule has 5 nitrogen and oxygen atoms in total. The van der Waals surface area contributed by atoms with Gasteiger partial charge >= 0.3 is 6.03 Å². The number of nitrogens with zero attached hydrogens (tertiary/aromatic N) is 3. The van der Waals surface area contributed by atoms with E-state index in [4.69, 9.17) is 16.1 Å². The molecule has 0 fully saturated rings. The summed E-state index contributed by atoms with van der Waals surface area (Å²) in [6.45, 7) is 0. The third kappa shape index (κ3) is 1.57. The molecule has 20 heavy (non-hydrogen) atoms. The minimum atomic E-state index is -0.497. The predicted molar refractivity (Wildman–Crippen MR) is 72.2 cm³/mol. The van der Waals surface area contributed by atoms with Crippen LogP contribution in [0.3, 0.4) is 0 Å². The SMILES string of the molecule is O=C1N=c2cccc(-c3noc4cc(Cl)ccc34)c2=N1. The lowest BCUT2D eigenvalue weighted by molar-refractivity contribution is 0.256. The lowest BCUT2D eigenvalue weighted by Crippen LogP contribution is -2.23. The van der Waals surface area contributed by atoms with Crippen molar-refractivity contribution < 1.29 is 9.32 Å². The lowest BCUT2D eigenvalue weighted by Gasteiger charge is -1.96. The predicted octanol–water partition coefficient (Wildman–Crippen LogP) is 2.52. The maximum absolute atomic E-state index is 11.3. The van der Waals surface area contributed by atoms with Gasteiger partial charge in [-0.2, -0.15) is 9.98 Å². The van der Waals surface area contributed by atoms with Crippen LogP contribution in [0, 0.1) is 0 Å². The molecule has 0 bridgehead atoms. The number of benzene rings is 2. The minimum absolute atomic E-state index is 0.497. The molecule has 0 spiro atoms. The van der Waals surface area contributed by atoms with E-state index >= 15 is 0 Å². The summed E-state index contributed by atoms with van der Waals surface area (Å²) in [6, 6.07) is 10.2. The number of para-hydroxylation sites is 1. The van der Waals surface area contributed by atoms with Crippen molar-refractivity contribution in [2.24, 2.45) is 9.98 Å². The fraction of sp³-hybridized carbons (Fsp3) is 0. The van der Waals surface area contributed by atoms with Crippen molar-refractivity contribution in [1.82, 2.24) is 5.16 Å². The molecule has 2 aromatic carbocycles. The number of halogens is 1. The quantitative estimate of drug-likeness (QED) is 0.689. The summed E-state index contributed by atoms with van der Waals surface area (Å²) in [4.78, 5) is 19.1. The number of hydrogen-bond acceptors (Lipinski definition) is 3. The van der Waals surface area contributed by atoms with Crippen molar-refractivity contribution in [2.45, 2.75) is 0 Å². The molecular formula is C14H6ClN3O2. The third-order valence-corrected chi connectivity index (χ3v) is 3.36. The van der Waals surface area contributed by atoms with E-state index in [2.05, 4.69) is 15.1 Å². The number of carbonyl (C=O) groups excluding carboxylic acids is 1. The molecule has 0 N–H and O–H groups in total. The first-order chi connectivity index (χ1) is 9.72. The van der Waals surface area contributed by atoms with Gasteiger partial charge in [0.25, 0.3) is 0 Å². The Morgan fingerprint density at radius 1 is 1.10 bits per heavy atom. The highest BCUT2D eigenvalue weighted by Gasteiger charge is 2.16. The number of fused-ring (bicyclic) bond motifs is 2. The van der Waals surface area contributed by atoms with Crippen LogP contribution in [-0.4, -0.2) is 11.2 Å². The van der Waals surface area contributed by atoms with Crippen LogP contribution in [0.1, 0.15) is 0 Å². The summed E-state index contributed by atoms with van der Waals surface area (Å²) in [5, 5.41) is 6.54. The van der Waals surface area contributed by atoms with E-state index in [9.17, 15) is 4.79 Å². The molecular weight excluding hydrogens is 278 g/mol. The number of aromatic nitrogens is 1. The molecule has 2 amide bonds. The largest absolute Gasteiger partial charge is 0.368 e. The number of urea groups is 1. The molecule has 1 aliphatic rings. The van der Waals surface area contributed by atoms with E-state index in [-0.39, 0.29) is 0 Å². The zero-order chi connectivity index (χ0) is 13.7. The van der Waals surface area contributed by atoms with Crippen LogP contribution in [0.2, 0.25) is 5.02 Å². The average Bonchev–Trinajstić information content (AvgIpc) is 2.99. The molecule has 6 heteroatoms. The normalized spacial score (nSPS) is 13.2. The summed E-state index contributed by atoms with van der Waals surface area (Å²) < 4.78 is 5.28. The fourth-order valence-electron chi connectivity index (χ4n) is 2.26. The lowest BCUT2D eigenvalue weighted by atomic mass is 10.1. The van der Waals surface area contributed by atoms with Crippen LogP contribution in [0.5, 0.6) is 0 Å². The first-order valence-electron chi connectivity index (χ1n) is 5.88. The van der Waals surface area contributed by atoms with Crippen LogP contribution < -0.4 is 10.7 Å². The van der Waals surface area contributed by atoms with Gasteiger partial charge < -0.3 is 4.52 Å². The van der Waals surface area contributed by atoms with Crippen molar-refractivity contribution in [3.05, 3.63) is 52.1 Å². The first-order valence-corrected chi connectivity index (χ1v) is 6.26. The van der Waals surface area contributed by atoms with Crippen LogP contribution >= 0.6 is 11.6 Å². The van der Waals surface area contributed by atoms with E-state index in [1.165, 1.54) is 0 Å². The minimum Gasteiger partial charge on any atom is -0.356 e. The molecule has 1 aliphatic heterocycles. The van der Waals surface area contributed by atoms with Crippen LogP contribution in [0.4, 0.5) is 4.79 Å². The third-order valence-electron chi connectivity index (χ3n) is 3.13. The second-order valence-corrected chi connectivity index (χ2v) is 4.79. The number of amides is 2. The standard InChI is InChI=1S/C14H6ClN3O2/c15-7-4-5-8-11(6-7)20-18-12(8)9-2-1-3-10-13(9)17-14(19)16-10/h1-6H. The van der Waals surface area contributed by atoms with Crippen LogP contribution in [-0.2, 0) is 0 Å². The summed E-state index contributed by atoms with van der Waals surface area (Å²) in [5.41, 5.74) is 1.94. The molecule has 0 saturated carbocycles. The molecule has 1 aromatic heterocycles. The molecule has 4 rings (SSSR count). The Labute approximate surface area is 117 Å². The van der Waals surface area contributed by atoms with Crippen LogP contribution in [0.15, 0.2) is 50.9 Å². The summed E-state index contributed by atoms with van der Waals surface area (Å²) in [5.74, 6) is 0. The monoisotopic (exact) mass is 283 g/mol. The van der Waals surface area contributed by atoms with Gasteiger partial charge in [0.05, 0.1) is 5.36 Å². The second kappa shape index (κ2) is 3.98. The topological polar surface area (TPSA) is 67.8 Å². The number of carbonyl (C=O) groups is 1. The van der Waals surface area contributed by atoms with Gasteiger partial charge in [0.15, 0.2) is 5.58 Å². The molecule has 0 aliphatic carbocycles. The second-order valence-electron chi connectivity index (χ2n) is 4.35. The van der Waals surface area contributed by atoms with E-state index in [0.29, 0.717) is 27.0 Å². The summed E-state index contributed by atoms with van der Waals surface area (Å²) in [7, 11) is 0. The highest BCUT2D eigenvalue weighted by Crippen LogP contribution is 2.27. The summed E-state index contributed by atoms with van der Waals surface area (Å²) in [6.07, 6.45) is 0. The molecule has 96 valence electrons. The van der Waals surface area contributed by atoms with Gasteiger partial charge in [-0.1, -0.05) is 28.9 Å². The zero-order valence-electron chi connectivity index (χ0n) is 10.0. The van der Waals surface area contributed by atoms with E-state index < -0.39 is 6.03 Å². The van der Waals surface area contributed by atoms with Crippen molar-refractivity contribution in [1.29, 1.82) is 0 Å². The van der Waals surface area contributed by atoms with Crippen LogP contribution in [0.25, 0.3) is 22.2 Å². The number of hydrogen-bond donors (Lipinski definition) is 0. The molecule has 0 unspecified atom stereocenters. The fourth-order valence-corrected chi connectivity index (χ4v) is 2.42. The Bertz CT molecular complexity index is 991. The Hall–Kier alpha value is -2.53. The highest BCUT2D eigenvalue weighted by molar-refractivity contribution is 6.31. The molecule has 3 aromatic rings. The molecule has 0 atom stereocenters. The highest BCUT2D eigenvalue weighted by atomic mass is 35.5. The number of rotatable bonds is 1. The first kappa shape index (κ1) is 11.3. The van der Waals surface area contributed by atoms with E-state index in [1.807, 2.05) is 18.2 Å². The Morgan fingerprint density at radius 2 is 2.00 bits per heavy atom. The van der Waals surface area contributed by atoms with Gasteiger partial charge in [0.2, 0.25) is 0 Å². The van der Waals surface area contributed by atoms with Gasteiger partial charge in [-0.15, -0.1) is 0 Å². The molecule has 0 saturated heterocycles. The van der Waals surface area contributed by atoms with Crippen molar-refractivity contribution in [3.8, 4) is 11.3 Å². The van der Waals surface area contributed by atoms with Gasteiger partial charge in [-0.25, -0.2) is 4.79 Å². The van der Waals surface area contributed by atoms with E-state index in [1.54, 1.807) is 18.2 Å². The van der Waals surface area contributed by atoms with Crippen molar-refractivity contribution in [2.75, 3.05) is 0 Å². The van der Waals surface area contributed by atoms with Gasteiger partial charge in [-0.3, -0.25) is 0 Å². The smallest absolute Gasteiger partial charge is 0.356 e. The molecule has 0 radical (unpaired) electrons. The summed E-state index contributed by atoms with van der Waals surface area (Å²) >= 11 is 5.92. The zero-order valence-corrected chi connectivity index (χ0v) is 10.8. The Kier molecular flexibility index (Phi) is 2.25. The van der Waals surface area contributed by atoms with Crippen molar-refractivity contribution >= 4 is 28.6 Å². The molecule has 2 heterocycles. The van der Waals surface area contributed by atoms with Gasteiger partial charge in [0.1, 0.15) is 11.1 Å². The Balaban J connectivity index is 2.08. The van der Waals surface area contributed by atoms with Crippen molar-refractivity contribution in [3.63, 3.8) is 0 Å². The maximum atomic E-state index is 11.3. The Morgan fingerprint density at radius 3 is 2.90 bits per heavy atom. The van der Waals surface area contributed by atoms with Gasteiger partial charge in [0, 0.05) is 22.0 Å². The van der Waals surface area contributed by atoms with E-state index in [0.717, 1.165) is 10.9 Å².